The van der Waals surface area contributed by atoms with Crippen molar-refractivity contribution >= 4 is 5.97 Å². The molecule has 4 rings (SSSR count). The lowest BCUT2D eigenvalue weighted by molar-refractivity contribution is 0.0367. The summed E-state index contributed by atoms with van der Waals surface area (Å²) < 4.78 is 5.97. The molecule has 3 aromatic carbocycles. The predicted molar refractivity (Wildman–Crippen MR) is 111 cm³/mol. The number of carbonyl (C=O) groups excluding carboxylic acids is 1. The first kappa shape index (κ1) is 18.1. The topological polar surface area (TPSA) is 29.5 Å². The molecule has 1 aliphatic rings. The predicted octanol–water partition coefficient (Wildman–Crippen LogP) is 5.37. The molecule has 0 bridgehead atoms. The molecule has 0 aliphatic carbocycles. The minimum atomic E-state index is -0.366. The van der Waals surface area contributed by atoms with Gasteiger partial charge in [-0.3, -0.25) is 0 Å². The maximum Gasteiger partial charge on any atom is 0.339 e. The van der Waals surface area contributed by atoms with E-state index in [0.717, 1.165) is 30.6 Å². The van der Waals surface area contributed by atoms with Crippen LogP contribution in [-0.4, -0.2) is 17.4 Å². The second-order valence-electron chi connectivity index (χ2n) is 6.97. The summed E-state index contributed by atoms with van der Waals surface area (Å²) in [5.74, 6) is -0.295. The first-order valence-electron chi connectivity index (χ1n) is 9.59. The van der Waals surface area contributed by atoms with Gasteiger partial charge in [-0.15, -0.1) is 0 Å². The Hall–Kier alpha value is -3.33. The van der Waals surface area contributed by atoms with Crippen molar-refractivity contribution in [3.05, 3.63) is 119 Å². The molecule has 0 amide bonds. The molecule has 140 valence electrons. The Morgan fingerprint density at radius 3 is 2.14 bits per heavy atom. The van der Waals surface area contributed by atoms with Gasteiger partial charge in [0.1, 0.15) is 0 Å². The van der Waals surface area contributed by atoms with E-state index in [1.165, 1.54) is 5.56 Å². The third kappa shape index (κ3) is 4.32. The molecule has 1 atom stereocenters. The highest BCUT2D eigenvalue weighted by molar-refractivity contribution is 5.89. The van der Waals surface area contributed by atoms with E-state index in [1.807, 2.05) is 54.6 Å². The zero-order valence-electron chi connectivity index (χ0n) is 15.7. The van der Waals surface area contributed by atoms with E-state index >= 15 is 0 Å². The van der Waals surface area contributed by atoms with Crippen molar-refractivity contribution in [3.8, 4) is 0 Å². The first-order chi connectivity index (χ1) is 13.8. The molecule has 28 heavy (non-hydrogen) atoms. The number of carbonyl (C=O) groups is 1. The lowest BCUT2D eigenvalue weighted by atomic mass is 10.0. The summed E-state index contributed by atoms with van der Waals surface area (Å²) in [5.41, 5.74) is 3.98. The van der Waals surface area contributed by atoms with Crippen molar-refractivity contribution in [3.63, 3.8) is 0 Å². The van der Waals surface area contributed by atoms with Crippen LogP contribution in [0.3, 0.4) is 0 Å². The maximum atomic E-state index is 12.7. The standard InChI is InChI=1S/C25H23NO2/c27-25(22-14-8-3-9-15-22)28-24(21-12-6-2-7-13-21)23-16-17-26(19-23)18-20-10-4-1-5-11-20/h1-15,19,24H,16-18H2. The fraction of sp³-hybridized carbons (Fsp3) is 0.160. The fourth-order valence-corrected chi connectivity index (χ4v) is 3.51. The molecule has 0 aromatic heterocycles. The molecule has 3 heteroatoms. The van der Waals surface area contributed by atoms with Crippen LogP contribution in [0.25, 0.3) is 0 Å². The Morgan fingerprint density at radius 2 is 1.46 bits per heavy atom. The van der Waals surface area contributed by atoms with Gasteiger partial charge < -0.3 is 9.64 Å². The summed E-state index contributed by atoms with van der Waals surface area (Å²) in [6.45, 7) is 1.79. The van der Waals surface area contributed by atoms with Gasteiger partial charge in [-0.25, -0.2) is 4.79 Å². The Labute approximate surface area is 165 Å². The van der Waals surface area contributed by atoms with E-state index in [1.54, 1.807) is 12.1 Å². The third-order valence-electron chi connectivity index (χ3n) is 4.94. The van der Waals surface area contributed by atoms with Gasteiger partial charge in [-0.05, 0) is 35.3 Å². The maximum absolute atomic E-state index is 12.7. The average Bonchev–Trinajstić information content (AvgIpc) is 3.22. The van der Waals surface area contributed by atoms with Crippen LogP contribution in [0, 0.1) is 0 Å². The van der Waals surface area contributed by atoms with E-state index in [2.05, 4.69) is 35.4 Å². The number of esters is 1. The lowest BCUT2D eigenvalue weighted by Gasteiger charge is -2.19. The van der Waals surface area contributed by atoms with Crippen LogP contribution in [0.2, 0.25) is 0 Å². The number of hydrogen-bond donors (Lipinski definition) is 0. The summed E-state index contributed by atoms with van der Waals surface area (Å²) >= 11 is 0. The fourth-order valence-electron chi connectivity index (χ4n) is 3.51. The Bertz CT molecular complexity index is 936. The summed E-state index contributed by atoms with van der Waals surface area (Å²) in [6, 6.07) is 29.6. The minimum Gasteiger partial charge on any atom is -0.449 e. The molecule has 1 heterocycles. The van der Waals surface area contributed by atoms with E-state index in [9.17, 15) is 4.79 Å². The highest BCUT2D eigenvalue weighted by Crippen LogP contribution is 2.33. The van der Waals surface area contributed by atoms with Gasteiger partial charge in [0, 0.05) is 19.3 Å². The summed E-state index contributed by atoms with van der Waals surface area (Å²) in [5, 5.41) is 0. The Balaban J connectivity index is 1.55. The molecule has 0 fully saturated rings. The largest absolute Gasteiger partial charge is 0.449 e. The molecule has 0 N–H and O–H groups in total. The molecular weight excluding hydrogens is 346 g/mol. The van der Waals surface area contributed by atoms with Crippen LogP contribution in [0.1, 0.15) is 34.0 Å². The van der Waals surface area contributed by atoms with Gasteiger partial charge in [-0.1, -0.05) is 78.9 Å². The molecule has 0 radical (unpaired) electrons. The van der Waals surface area contributed by atoms with Gasteiger partial charge in [0.2, 0.25) is 0 Å². The van der Waals surface area contributed by atoms with Crippen LogP contribution < -0.4 is 0 Å². The van der Waals surface area contributed by atoms with E-state index < -0.39 is 0 Å². The van der Waals surface area contributed by atoms with Gasteiger partial charge in [0.15, 0.2) is 6.10 Å². The van der Waals surface area contributed by atoms with Gasteiger partial charge in [0.05, 0.1) is 5.56 Å². The zero-order chi connectivity index (χ0) is 19.2. The normalized spacial score (nSPS) is 14.4. The molecule has 1 aliphatic heterocycles. The number of benzene rings is 3. The molecule has 3 aromatic rings. The van der Waals surface area contributed by atoms with Crippen LogP contribution in [-0.2, 0) is 11.3 Å². The lowest BCUT2D eigenvalue weighted by Crippen LogP contribution is -2.13. The second kappa shape index (κ2) is 8.57. The number of rotatable bonds is 6. The van der Waals surface area contributed by atoms with Crippen molar-refractivity contribution in [2.45, 2.75) is 19.1 Å². The van der Waals surface area contributed by atoms with Crippen LogP contribution in [0.15, 0.2) is 103 Å². The third-order valence-corrected chi connectivity index (χ3v) is 4.94. The Morgan fingerprint density at radius 1 is 0.857 bits per heavy atom. The van der Waals surface area contributed by atoms with Crippen molar-refractivity contribution in [2.75, 3.05) is 6.54 Å². The molecule has 3 nitrogen and oxygen atoms in total. The number of nitrogens with zero attached hydrogens (tertiary/aromatic N) is 1. The van der Waals surface area contributed by atoms with Crippen LogP contribution in [0.4, 0.5) is 0 Å². The van der Waals surface area contributed by atoms with E-state index in [-0.39, 0.29) is 12.1 Å². The van der Waals surface area contributed by atoms with Crippen LogP contribution in [0.5, 0.6) is 0 Å². The van der Waals surface area contributed by atoms with E-state index in [0.29, 0.717) is 5.56 Å². The molecule has 0 saturated carbocycles. The monoisotopic (exact) mass is 369 g/mol. The van der Waals surface area contributed by atoms with Gasteiger partial charge >= 0.3 is 5.97 Å². The smallest absolute Gasteiger partial charge is 0.339 e. The summed E-state index contributed by atoms with van der Waals surface area (Å²) in [7, 11) is 0. The highest BCUT2D eigenvalue weighted by Gasteiger charge is 2.26. The SMILES string of the molecule is O=C(OC(C1=CN(Cc2ccccc2)CC1)c1ccccc1)c1ccccc1. The van der Waals surface area contributed by atoms with E-state index in [4.69, 9.17) is 4.74 Å². The second-order valence-corrected chi connectivity index (χ2v) is 6.97. The number of ether oxygens (including phenoxy) is 1. The highest BCUT2D eigenvalue weighted by atomic mass is 16.5. The molecule has 0 spiro atoms. The van der Waals surface area contributed by atoms with Crippen molar-refractivity contribution < 1.29 is 9.53 Å². The number of hydrogen-bond acceptors (Lipinski definition) is 3. The summed E-state index contributed by atoms with van der Waals surface area (Å²) in [4.78, 5) is 15.0. The molecule has 1 unspecified atom stereocenters. The first-order valence-corrected chi connectivity index (χ1v) is 9.59. The molecular formula is C25H23NO2. The van der Waals surface area contributed by atoms with Gasteiger partial charge in [-0.2, -0.15) is 0 Å². The minimum absolute atomic E-state index is 0.295. The van der Waals surface area contributed by atoms with Crippen molar-refractivity contribution in [2.24, 2.45) is 0 Å². The van der Waals surface area contributed by atoms with Crippen molar-refractivity contribution in [1.82, 2.24) is 4.90 Å². The zero-order valence-corrected chi connectivity index (χ0v) is 15.7. The summed E-state index contributed by atoms with van der Waals surface area (Å²) in [6.07, 6.45) is 2.67. The van der Waals surface area contributed by atoms with Crippen LogP contribution >= 0.6 is 0 Å². The average molecular weight is 369 g/mol. The quantitative estimate of drug-likeness (QED) is 0.547. The molecule has 0 saturated heterocycles. The Kier molecular flexibility index (Phi) is 5.53. The van der Waals surface area contributed by atoms with Crippen molar-refractivity contribution in [1.29, 1.82) is 0 Å². The van der Waals surface area contributed by atoms with Gasteiger partial charge in [0.25, 0.3) is 0 Å².